The molecule has 9 heteroatoms. The van der Waals surface area contributed by atoms with Crippen LogP contribution in [0.15, 0.2) is 46.6 Å². The van der Waals surface area contributed by atoms with Crippen molar-refractivity contribution in [1.29, 1.82) is 0 Å². The zero-order valence-electron chi connectivity index (χ0n) is 19.5. The second-order valence-electron chi connectivity index (χ2n) is 8.46. The van der Waals surface area contributed by atoms with Crippen molar-refractivity contribution in [1.82, 2.24) is 14.8 Å². The fourth-order valence-corrected chi connectivity index (χ4v) is 4.37. The minimum atomic E-state index is -4.85. The van der Waals surface area contributed by atoms with Gasteiger partial charge in [-0.2, -0.15) is 0 Å². The number of aromatic nitrogens is 1. The predicted molar refractivity (Wildman–Crippen MR) is 131 cm³/mol. The second-order valence-corrected chi connectivity index (χ2v) is 9.31. The summed E-state index contributed by atoms with van der Waals surface area (Å²) >= 11 is 3.56. The van der Waals surface area contributed by atoms with E-state index >= 15 is 0 Å². The number of ether oxygens (including phenoxy) is 1. The van der Waals surface area contributed by atoms with Gasteiger partial charge in [-0.15, -0.1) is 13.2 Å². The maximum atomic E-state index is 13.1. The number of nitrogens with zero attached hydrogens (tertiary/aromatic N) is 3. The van der Waals surface area contributed by atoms with Gasteiger partial charge >= 0.3 is 6.36 Å². The van der Waals surface area contributed by atoms with E-state index in [0.29, 0.717) is 25.1 Å². The molecular weight excluding hydrogens is 511 g/mol. The van der Waals surface area contributed by atoms with Gasteiger partial charge in [-0.3, -0.25) is 14.7 Å². The normalized spacial score (nSPS) is 15.2. The molecule has 5 nitrogen and oxygen atoms in total. The first-order valence-corrected chi connectivity index (χ1v) is 11.6. The van der Waals surface area contributed by atoms with Crippen LogP contribution in [0.5, 0.6) is 5.75 Å². The lowest BCUT2D eigenvalue weighted by atomic mass is 9.96. The van der Waals surface area contributed by atoms with Crippen LogP contribution in [0, 0.1) is 6.92 Å². The minimum Gasteiger partial charge on any atom is -0.405 e. The van der Waals surface area contributed by atoms with Crippen molar-refractivity contribution in [2.45, 2.75) is 26.6 Å². The van der Waals surface area contributed by atoms with Gasteiger partial charge in [-0.25, -0.2) is 0 Å². The van der Waals surface area contributed by atoms with Crippen LogP contribution in [0.3, 0.4) is 0 Å². The first-order chi connectivity index (χ1) is 15.9. The number of hydrogen-bond acceptors (Lipinski definition) is 4. The minimum absolute atomic E-state index is 0.142. The molecule has 0 unspecified atom stereocenters. The van der Waals surface area contributed by atoms with Gasteiger partial charge in [0, 0.05) is 66.8 Å². The molecule has 0 bridgehead atoms. The molecule has 1 aliphatic heterocycles. The third-order valence-corrected chi connectivity index (χ3v) is 6.19. The van der Waals surface area contributed by atoms with Crippen molar-refractivity contribution < 1.29 is 22.7 Å². The van der Waals surface area contributed by atoms with Gasteiger partial charge in [0.15, 0.2) is 0 Å². The fourth-order valence-electron chi connectivity index (χ4n) is 3.85. The number of benzene rings is 1. The standard InChI is InChI=1S/C25H27BrF3N3O2/c1-16(13-21-17(2)30-10-7-22(21)26)15-32-11-8-18(9-12-32)20-6-5-19(24(33)31(3)4)14-23(20)34-25(27,28)29/h5-8,10,13-14H,9,11-12,15H2,1-4H3/b16-13+. The SMILES string of the molecule is C/C(=C\c1c(Br)ccnc1C)CN1CC=C(c2ccc(C(=O)N(C)C)cc2OC(F)(F)F)CC1. The largest absolute Gasteiger partial charge is 0.573 e. The molecule has 0 aliphatic carbocycles. The Bertz CT molecular complexity index is 1110. The number of pyridine rings is 1. The Kier molecular flexibility index (Phi) is 8.20. The Hall–Kier alpha value is -2.65. The van der Waals surface area contributed by atoms with E-state index in [1.54, 1.807) is 20.3 Å². The highest BCUT2D eigenvalue weighted by Gasteiger charge is 2.33. The topological polar surface area (TPSA) is 45.7 Å². The van der Waals surface area contributed by atoms with E-state index in [1.807, 2.05) is 26.0 Å². The van der Waals surface area contributed by atoms with E-state index < -0.39 is 6.36 Å². The third-order valence-electron chi connectivity index (χ3n) is 5.50. The predicted octanol–water partition coefficient (Wildman–Crippen LogP) is 5.95. The Balaban J connectivity index is 1.78. The Morgan fingerprint density at radius 1 is 1.29 bits per heavy atom. The zero-order valence-corrected chi connectivity index (χ0v) is 21.1. The quantitative estimate of drug-likeness (QED) is 0.457. The van der Waals surface area contributed by atoms with Crippen LogP contribution in [0.25, 0.3) is 11.6 Å². The summed E-state index contributed by atoms with van der Waals surface area (Å²) in [5, 5.41) is 0. The first-order valence-electron chi connectivity index (χ1n) is 10.8. The third kappa shape index (κ3) is 6.70. The molecule has 0 fully saturated rings. The van der Waals surface area contributed by atoms with Gasteiger partial charge in [-0.05, 0) is 44.0 Å². The number of amides is 1. The van der Waals surface area contributed by atoms with E-state index in [-0.39, 0.29) is 17.2 Å². The van der Waals surface area contributed by atoms with Gasteiger partial charge in [-0.1, -0.05) is 39.7 Å². The molecule has 2 aromatic rings. The average Bonchev–Trinajstić information content (AvgIpc) is 2.75. The number of aryl methyl sites for hydroxylation is 1. The molecular formula is C25H27BrF3N3O2. The van der Waals surface area contributed by atoms with Gasteiger partial charge < -0.3 is 9.64 Å². The molecule has 1 aromatic carbocycles. The Morgan fingerprint density at radius 2 is 2.03 bits per heavy atom. The molecule has 0 radical (unpaired) electrons. The highest BCUT2D eigenvalue weighted by atomic mass is 79.9. The smallest absolute Gasteiger partial charge is 0.405 e. The number of carbonyl (C=O) groups excluding carboxylic acids is 1. The molecule has 0 saturated carbocycles. The highest BCUT2D eigenvalue weighted by molar-refractivity contribution is 9.10. The summed E-state index contributed by atoms with van der Waals surface area (Å²) in [4.78, 5) is 20.1. The van der Waals surface area contributed by atoms with Crippen molar-refractivity contribution in [2.24, 2.45) is 0 Å². The summed E-state index contributed by atoms with van der Waals surface area (Å²) in [6.07, 6.45) is 1.49. The fraction of sp³-hybridized carbons (Fsp3) is 0.360. The van der Waals surface area contributed by atoms with Crippen LogP contribution < -0.4 is 4.74 Å². The van der Waals surface area contributed by atoms with Crippen molar-refractivity contribution >= 4 is 33.5 Å². The Labute approximate surface area is 206 Å². The lowest BCUT2D eigenvalue weighted by Gasteiger charge is -2.27. The van der Waals surface area contributed by atoms with Crippen LogP contribution in [0.4, 0.5) is 13.2 Å². The van der Waals surface area contributed by atoms with Crippen LogP contribution in [0.1, 0.15) is 40.5 Å². The number of halogens is 4. The van der Waals surface area contributed by atoms with Crippen molar-refractivity contribution in [2.75, 3.05) is 33.7 Å². The van der Waals surface area contributed by atoms with Crippen molar-refractivity contribution in [3.63, 3.8) is 0 Å². The number of carbonyl (C=O) groups is 1. The number of alkyl halides is 3. The molecule has 2 heterocycles. The van der Waals surface area contributed by atoms with Gasteiger partial charge in [0.2, 0.25) is 0 Å². The molecule has 3 rings (SSSR count). The highest BCUT2D eigenvalue weighted by Crippen LogP contribution is 2.35. The van der Waals surface area contributed by atoms with Gasteiger partial charge in [0.1, 0.15) is 5.75 Å². The molecule has 1 aromatic heterocycles. The summed E-state index contributed by atoms with van der Waals surface area (Å²) in [6, 6.07) is 6.14. The molecule has 0 saturated heterocycles. The second kappa shape index (κ2) is 10.7. The molecule has 1 amide bonds. The van der Waals surface area contributed by atoms with E-state index in [9.17, 15) is 18.0 Å². The lowest BCUT2D eigenvalue weighted by molar-refractivity contribution is -0.274. The van der Waals surface area contributed by atoms with Crippen molar-refractivity contribution in [3.05, 3.63) is 69.0 Å². The molecule has 0 N–H and O–H groups in total. The molecule has 182 valence electrons. The lowest BCUT2D eigenvalue weighted by Crippen LogP contribution is -2.30. The van der Waals surface area contributed by atoms with E-state index in [1.165, 1.54) is 23.1 Å². The van der Waals surface area contributed by atoms with Crippen LogP contribution >= 0.6 is 15.9 Å². The zero-order chi connectivity index (χ0) is 25.0. The molecule has 34 heavy (non-hydrogen) atoms. The maximum absolute atomic E-state index is 13.1. The molecule has 0 atom stereocenters. The average molecular weight is 538 g/mol. The van der Waals surface area contributed by atoms with Crippen molar-refractivity contribution in [3.8, 4) is 5.75 Å². The summed E-state index contributed by atoms with van der Waals surface area (Å²) in [5.74, 6) is -0.743. The summed E-state index contributed by atoms with van der Waals surface area (Å²) in [5.41, 5.74) is 4.39. The van der Waals surface area contributed by atoms with Crippen LogP contribution in [0.2, 0.25) is 0 Å². The number of rotatable bonds is 6. The summed E-state index contributed by atoms with van der Waals surface area (Å²) in [6.45, 7) is 6.02. The monoisotopic (exact) mass is 537 g/mol. The van der Waals surface area contributed by atoms with Gasteiger partial charge in [0.05, 0.1) is 0 Å². The van der Waals surface area contributed by atoms with E-state index in [4.69, 9.17) is 0 Å². The first kappa shape index (κ1) is 26.0. The Morgan fingerprint density at radius 3 is 2.62 bits per heavy atom. The van der Waals surface area contributed by atoms with Crippen LogP contribution in [-0.4, -0.2) is 60.8 Å². The maximum Gasteiger partial charge on any atom is 0.573 e. The molecule has 0 spiro atoms. The van der Waals surface area contributed by atoms with Gasteiger partial charge in [0.25, 0.3) is 5.91 Å². The summed E-state index contributed by atoms with van der Waals surface area (Å²) < 4.78 is 44.5. The molecule has 1 aliphatic rings. The summed E-state index contributed by atoms with van der Waals surface area (Å²) in [7, 11) is 3.09. The van der Waals surface area contributed by atoms with Crippen LogP contribution in [-0.2, 0) is 0 Å². The number of hydrogen-bond donors (Lipinski definition) is 0. The van der Waals surface area contributed by atoms with E-state index in [2.05, 4.69) is 36.6 Å². The van der Waals surface area contributed by atoms with E-state index in [0.717, 1.165) is 33.4 Å².